The predicted octanol–water partition coefficient (Wildman–Crippen LogP) is 1.81. The smallest absolute Gasteiger partial charge is 0.154 e. The van der Waals surface area contributed by atoms with Gasteiger partial charge in [-0.2, -0.15) is 0 Å². The fourth-order valence-corrected chi connectivity index (χ4v) is 2.46. The molecular formula is C13H18N4O. The number of nitrogens with one attached hydrogen (secondary N) is 1. The average Bonchev–Trinajstić information content (AvgIpc) is 2.95. The van der Waals surface area contributed by atoms with Crippen LogP contribution in [0.3, 0.4) is 0 Å². The second-order valence-corrected chi connectivity index (χ2v) is 4.89. The highest BCUT2D eigenvalue weighted by molar-refractivity contribution is 5.85. The average molecular weight is 246 g/mol. The number of aromatic nitrogens is 3. The summed E-state index contributed by atoms with van der Waals surface area (Å²) >= 11 is 0. The largest absolute Gasteiger partial charge is 0.378 e. The number of anilines is 1. The quantitative estimate of drug-likeness (QED) is 0.897. The van der Waals surface area contributed by atoms with Gasteiger partial charge in [-0.3, -0.25) is 0 Å². The number of hydrogen-bond donors (Lipinski definition) is 1. The molecule has 0 aromatic carbocycles. The number of fused-ring (bicyclic) bond motifs is 1. The number of rotatable bonds is 3. The Balaban J connectivity index is 1.78. The van der Waals surface area contributed by atoms with Crippen LogP contribution in [0.4, 0.5) is 5.82 Å². The van der Waals surface area contributed by atoms with Gasteiger partial charge in [0.2, 0.25) is 0 Å². The summed E-state index contributed by atoms with van der Waals surface area (Å²) in [4.78, 5) is 8.77. The highest BCUT2D eigenvalue weighted by Crippen LogP contribution is 2.23. The molecule has 96 valence electrons. The topological polar surface area (TPSA) is 52.0 Å². The monoisotopic (exact) mass is 246 g/mol. The van der Waals surface area contributed by atoms with Crippen LogP contribution in [-0.4, -0.2) is 33.8 Å². The van der Waals surface area contributed by atoms with Gasteiger partial charge in [0.05, 0.1) is 17.9 Å². The Morgan fingerprint density at radius 2 is 2.39 bits per heavy atom. The maximum Gasteiger partial charge on any atom is 0.154 e. The summed E-state index contributed by atoms with van der Waals surface area (Å²) in [7, 11) is 1.99. The molecule has 2 aromatic rings. The fourth-order valence-electron chi connectivity index (χ4n) is 2.46. The lowest BCUT2D eigenvalue weighted by Crippen LogP contribution is -2.21. The van der Waals surface area contributed by atoms with Crippen LogP contribution in [0.25, 0.3) is 11.0 Å². The third kappa shape index (κ3) is 1.95. The highest BCUT2D eigenvalue weighted by Gasteiger charge is 2.24. The molecule has 3 heterocycles. The van der Waals surface area contributed by atoms with Crippen molar-refractivity contribution in [1.29, 1.82) is 0 Å². The number of pyridine rings is 1. The molecule has 5 heteroatoms. The number of aryl methyl sites for hydroxylation is 1. The van der Waals surface area contributed by atoms with Crippen LogP contribution in [0.15, 0.2) is 18.6 Å². The van der Waals surface area contributed by atoms with E-state index in [4.69, 9.17) is 4.74 Å². The van der Waals surface area contributed by atoms with Gasteiger partial charge in [-0.1, -0.05) is 0 Å². The maximum absolute atomic E-state index is 5.57. The van der Waals surface area contributed by atoms with E-state index in [1.165, 1.54) is 0 Å². The molecule has 0 spiro atoms. The number of nitrogens with zero attached hydrogens (tertiary/aromatic N) is 3. The summed E-state index contributed by atoms with van der Waals surface area (Å²) < 4.78 is 7.57. The van der Waals surface area contributed by atoms with Gasteiger partial charge in [0.15, 0.2) is 5.82 Å². The van der Waals surface area contributed by atoms with Gasteiger partial charge in [-0.15, -0.1) is 0 Å². The van der Waals surface area contributed by atoms with Crippen LogP contribution in [-0.2, 0) is 11.8 Å². The van der Waals surface area contributed by atoms with E-state index >= 15 is 0 Å². The summed E-state index contributed by atoms with van der Waals surface area (Å²) in [5.41, 5.74) is 2.04. The molecule has 1 saturated heterocycles. The first-order valence-corrected chi connectivity index (χ1v) is 6.37. The summed E-state index contributed by atoms with van der Waals surface area (Å²) in [6.45, 7) is 3.90. The highest BCUT2D eigenvalue weighted by atomic mass is 16.5. The van der Waals surface area contributed by atoms with Gasteiger partial charge >= 0.3 is 0 Å². The van der Waals surface area contributed by atoms with Crippen molar-refractivity contribution in [1.82, 2.24) is 14.5 Å². The summed E-state index contributed by atoms with van der Waals surface area (Å²) in [5.74, 6) is 1.43. The van der Waals surface area contributed by atoms with Gasteiger partial charge < -0.3 is 14.6 Å². The molecule has 1 fully saturated rings. The standard InChI is InChI=1S/C13H18N4O/c1-9-10(4-6-18-9)7-15-13-12-11(3-5-14-13)17(2)8-16-12/h3,5,8-10H,4,6-7H2,1-2H3,(H,14,15). The van der Waals surface area contributed by atoms with Gasteiger partial charge in [-0.05, 0) is 19.4 Å². The number of imidazole rings is 1. The van der Waals surface area contributed by atoms with Crippen molar-refractivity contribution in [2.24, 2.45) is 13.0 Å². The fraction of sp³-hybridized carbons (Fsp3) is 0.538. The number of hydrogen-bond acceptors (Lipinski definition) is 4. The van der Waals surface area contributed by atoms with Gasteiger partial charge in [-0.25, -0.2) is 9.97 Å². The van der Waals surface area contributed by atoms with E-state index < -0.39 is 0 Å². The van der Waals surface area contributed by atoms with E-state index in [2.05, 4.69) is 22.2 Å². The molecule has 0 bridgehead atoms. The molecule has 0 radical (unpaired) electrons. The molecule has 1 aliphatic rings. The van der Waals surface area contributed by atoms with E-state index in [-0.39, 0.29) is 0 Å². The van der Waals surface area contributed by atoms with E-state index in [1.807, 2.05) is 30.2 Å². The minimum Gasteiger partial charge on any atom is -0.378 e. The predicted molar refractivity (Wildman–Crippen MR) is 70.5 cm³/mol. The molecule has 5 nitrogen and oxygen atoms in total. The third-order valence-corrected chi connectivity index (χ3v) is 3.71. The lowest BCUT2D eigenvalue weighted by molar-refractivity contribution is 0.108. The molecule has 0 amide bonds. The van der Waals surface area contributed by atoms with Crippen LogP contribution in [0, 0.1) is 5.92 Å². The zero-order valence-corrected chi connectivity index (χ0v) is 10.8. The van der Waals surface area contributed by atoms with Gasteiger partial charge in [0, 0.05) is 32.3 Å². The molecule has 0 aliphatic carbocycles. The van der Waals surface area contributed by atoms with Crippen molar-refractivity contribution in [3.8, 4) is 0 Å². The van der Waals surface area contributed by atoms with Crippen molar-refractivity contribution in [3.63, 3.8) is 0 Å². The van der Waals surface area contributed by atoms with Gasteiger partial charge in [0.25, 0.3) is 0 Å². The molecule has 1 N–H and O–H groups in total. The van der Waals surface area contributed by atoms with Crippen molar-refractivity contribution >= 4 is 16.9 Å². The van der Waals surface area contributed by atoms with Gasteiger partial charge in [0.1, 0.15) is 5.52 Å². The Morgan fingerprint density at radius 1 is 1.50 bits per heavy atom. The minimum absolute atomic E-state index is 0.334. The van der Waals surface area contributed by atoms with Crippen LogP contribution in [0.5, 0.6) is 0 Å². The van der Waals surface area contributed by atoms with Crippen molar-refractivity contribution in [2.45, 2.75) is 19.4 Å². The summed E-state index contributed by atoms with van der Waals surface area (Å²) in [6, 6.07) is 1.98. The van der Waals surface area contributed by atoms with Crippen LogP contribution in [0.2, 0.25) is 0 Å². The molecule has 3 rings (SSSR count). The Labute approximate surface area is 106 Å². The van der Waals surface area contributed by atoms with Crippen LogP contribution in [0.1, 0.15) is 13.3 Å². The zero-order chi connectivity index (χ0) is 12.5. The second kappa shape index (κ2) is 4.57. The minimum atomic E-state index is 0.334. The first-order valence-electron chi connectivity index (χ1n) is 6.37. The Morgan fingerprint density at radius 3 is 3.17 bits per heavy atom. The maximum atomic E-state index is 5.57. The van der Waals surface area contributed by atoms with Crippen LogP contribution >= 0.6 is 0 Å². The molecule has 2 aromatic heterocycles. The molecule has 18 heavy (non-hydrogen) atoms. The van der Waals surface area contributed by atoms with E-state index in [0.717, 1.165) is 36.4 Å². The second-order valence-electron chi connectivity index (χ2n) is 4.89. The molecular weight excluding hydrogens is 228 g/mol. The van der Waals surface area contributed by atoms with E-state index in [0.29, 0.717) is 12.0 Å². The molecule has 2 unspecified atom stereocenters. The van der Waals surface area contributed by atoms with Crippen LogP contribution < -0.4 is 5.32 Å². The summed E-state index contributed by atoms with van der Waals surface area (Å²) in [5, 5.41) is 3.41. The van der Waals surface area contributed by atoms with E-state index in [9.17, 15) is 0 Å². The molecule has 1 aliphatic heterocycles. The lowest BCUT2D eigenvalue weighted by atomic mass is 10.0. The zero-order valence-electron chi connectivity index (χ0n) is 10.8. The number of ether oxygens (including phenoxy) is 1. The Kier molecular flexibility index (Phi) is 2.91. The van der Waals surface area contributed by atoms with Crippen molar-refractivity contribution < 1.29 is 4.74 Å². The first-order chi connectivity index (χ1) is 8.75. The summed E-state index contributed by atoms with van der Waals surface area (Å²) in [6.07, 6.45) is 5.09. The lowest BCUT2D eigenvalue weighted by Gasteiger charge is -2.15. The molecule has 2 atom stereocenters. The molecule has 0 saturated carbocycles. The van der Waals surface area contributed by atoms with E-state index in [1.54, 1.807) is 0 Å². The third-order valence-electron chi connectivity index (χ3n) is 3.71. The normalized spacial score (nSPS) is 23.7. The van der Waals surface area contributed by atoms with Crippen molar-refractivity contribution in [3.05, 3.63) is 18.6 Å². The Hall–Kier alpha value is -1.62. The SMILES string of the molecule is CC1OCCC1CNc1nccc2c1ncn2C. The first kappa shape index (κ1) is 11.5. The Bertz CT molecular complexity index is 551. The van der Waals surface area contributed by atoms with Crippen molar-refractivity contribution in [2.75, 3.05) is 18.5 Å².